The average Bonchev–Trinajstić information content (AvgIpc) is 2.26. The topological polar surface area (TPSA) is 35.5 Å². The fourth-order valence-electron chi connectivity index (χ4n) is 2.68. The predicted octanol–water partition coefficient (Wildman–Crippen LogP) is 2.14. The van der Waals surface area contributed by atoms with Crippen LogP contribution in [0.25, 0.3) is 0 Å². The van der Waals surface area contributed by atoms with Crippen LogP contribution in [0.15, 0.2) is 24.3 Å². The fraction of sp³-hybridized carbons (Fsp3) is 0.571. The number of hydrogen-bond acceptors (Lipinski definition) is 3. The molecule has 1 fully saturated rings. The number of nitrogens with zero attached hydrogens (tertiary/aromatic N) is 1. The van der Waals surface area contributed by atoms with E-state index in [1.807, 2.05) is 12.1 Å². The van der Waals surface area contributed by atoms with Crippen molar-refractivity contribution in [2.45, 2.75) is 38.9 Å². The Morgan fingerprint density at radius 1 is 1.29 bits per heavy atom. The molecule has 1 aromatic carbocycles. The minimum atomic E-state index is 0.352. The number of hydrogen-bond donors (Lipinski definition) is 2. The molecule has 1 saturated heterocycles. The molecule has 3 nitrogen and oxygen atoms in total. The Balaban J connectivity index is 2.11. The van der Waals surface area contributed by atoms with Gasteiger partial charge < -0.3 is 10.4 Å². The Kier molecular flexibility index (Phi) is 3.69. The van der Waals surface area contributed by atoms with Gasteiger partial charge in [0.15, 0.2) is 0 Å². The maximum Gasteiger partial charge on any atom is 0.115 e. The van der Waals surface area contributed by atoms with Gasteiger partial charge in [0.1, 0.15) is 5.75 Å². The van der Waals surface area contributed by atoms with E-state index in [1.165, 1.54) is 5.56 Å². The first-order valence-electron chi connectivity index (χ1n) is 6.35. The molecule has 3 heteroatoms. The standard InChI is InChI=1S/C14H22N2O/c1-10-8-16(9-11(2)15-10)12(3)13-5-4-6-14(17)7-13/h4-7,10-12,15,17H,8-9H2,1-3H3. The van der Waals surface area contributed by atoms with Gasteiger partial charge in [0.25, 0.3) is 0 Å². The highest BCUT2D eigenvalue weighted by atomic mass is 16.3. The molecule has 0 radical (unpaired) electrons. The summed E-state index contributed by atoms with van der Waals surface area (Å²) in [7, 11) is 0. The summed E-state index contributed by atoms with van der Waals surface area (Å²) >= 11 is 0. The lowest BCUT2D eigenvalue weighted by atomic mass is 10.0. The maximum absolute atomic E-state index is 9.53. The van der Waals surface area contributed by atoms with E-state index in [0.29, 0.717) is 23.9 Å². The van der Waals surface area contributed by atoms with Crippen LogP contribution in [-0.2, 0) is 0 Å². The van der Waals surface area contributed by atoms with Gasteiger partial charge in [-0.15, -0.1) is 0 Å². The summed E-state index contributed by atoms with van der Waals surface area (Å²) in [6, 6.07) is 8.99. The molecular formula is C14H22N2O. The Morgan fingerprint density at radius 3 is 2.53 bits per heavy atom. The van der Waals surface area contributed by atoms with Crippen molar-refractivity contribution in [2.75, 3.05) is 13.1 Å². The highest BCUT2D eigenvalue weighted by Gasteiger charge is 2.25. The molecule has 0 saturated carbocycles. The molecular weight excluding hydrogens is 212 g/mol. The van der Waals surface area contributed by atoms with Gasteiger partial charge in [-0.25, -0.2) is 0 Å². The summed E-state index contributed by atoms with van der Waals surface area (Å²) in [6.45, 7) is 8.76. The Hall–Kier alpha value is -1.06. The summed E-state index contributed by atoms with van der Waals surface area (Å²) in [5.74, 6) is 0.352. The lowest BCUT2D eigenvalue weighted by molar-refractivity contribution is 0.131. The lowest BCUT2D eigenvalue weighted by Gasteiger charge is -2.39. The molecule has 17 heavy (non-hydrogen) atoms. The lowest BCUT2D eigenvalue weighted by Crippen LogP contribution is -2.54. The SMILES string of the molecule is CC1CN(C(C)c2cccc(O)c2)CC(C)N1. The Morgan fingerprint density at radius 2 is 1.94 bits per heavy atom. The summed E-state index contributed by atoms with van der Waals surface area (Å²) in [5.41, 5.74) is 1.19. The molecule has 3 unspecified atom stereocenters. The van der Waals surface area contributed by atoms with Crippen molar-refractivity contribution < 1.29 is 5.11 Å². The van der Waals surface area contributed by atoms with Gasteiger partial charge in [-0.2, -0.15) is 0 Å². The molecule has 1 aliphatic heterocycles. The van der Waals surface area contributed by atoms with Gasteiger partial charge in [-0.1, -0.05) is 12.1 Å². The van der Waals surface area contributed by atoms with Crippen LogP contribution in [0.5, 0.6) is 5.75 Å². The van der Waals surface area contributed by atoms with Crippen molar-refractivity contribution in [2.24, 2.45) is 0 Å². The molecule has 0 bridgehead atoms. The monoisotopic (exact) mass is 234 g/mol. The molecule has 0 amide bonds. The van der Waals surface area contributed by atoms with E-state index >= 15 is 0 Å². The normalized spacial score (nSPS) is 27.9. The molecule has 2 rings (SSSR count). The van der Waals surface area contributed by atoms with Crippen LogP contribution in [0.2, 0.25) is 0 Å². The van der Waals surface area contributed by atoms with Crippen LogP contribution in [0.3, 0.4) is 0 Å². The second-order valence-electron chi connectivity index (χ2n) is 5.19. The third kappa shape index (κ3) is 2.99. The molecule has 0 spiro atoms. The van der Waals surface area contributed by atoms with E-state index in [-0.39, 0.29) is 0 Å². The van der Waals surface area contributed by atoms with E-state index in [4.69, 9.17) is 0 Å². The summed E-state index contributed by atoms with van der Waals surface area (Å²) in [4.78, 5) is 2.47. The molecule has 3 atom stereocenters. The van der Waals surface area contributed by atoms with Crippen molar-refractivity contribution in [3.63, 3.8) is 0 Å². The van der Waals surface area contributed by atoms with E-state index in [9.17, 15) is 5.11 Å². The van der Waals surface area contributed by atoms with Crippen molar-refractivity contribution >= 4 is 0 Å². The number of benzene rings is 1. The van der Waals surface area contributed by atoms with E-state index in [1.54, 1.807) is 6.07 Å². The zero-order valence-corrected chi connectivity index (χ0v) is 10.9. The van der Waals surface area contributed by atoms with Crippen molar-refractivity contribution in [3.05, 3.63) is 29.8 Å². The summed E-state index contributed by atoms with van der Waals surface area (Å²) < 4.78 is 0. The van der Waals surface area contributed by atoms with Gasteiger partial charge in [-0.05, 0) is 38.5 Å². The fourth-order valence-corrected chi connectivity index (χ4v) is 2.68. The van der Waals surface area contributed by atoms with Crippen molar-refractivity contribution in [1.29, 1.82) is 0 Å². The first-order chi connectivity index (χ1) is 8.06. The first-order valence-corrected chi connectivity index (χ1v) is 6.35. The van der Waals surface area contributed by atoms with Crippen LogP contribution < -0.4 is 5.32 Å². The van der Waals surface area contributed by atoms with Gasteiger partial charge in [-0.3, -0.25) is 4.90 Å². The molecule has 1 heterocycles. The average molecular weight is 234 g/mol. The minimum absolute atomic E-state index is 0.352. The number of rotatable bonds is 2. The van der Waals surface area contributed by atoms with Gasteiger partial charge in [0, 0.05) is 31.2 Å². The summed E-state index contributed by atoms with van der Waals surface area (Å²) in [5, 5.41) is 13.1. The molecule has 1 aliphatic rings. The van der Waals surface area contributed by atoms with Crippen LogP contribution in [0.4, 0.5) is 0 Å². The number of aromatic hydroxyl groups is 1. The Bertz CT molecular complexity index is 370. The van der Waals surface area contributed by atoms with Crippen LogP contribution in [0, 0.1) is 0 Å². The Labute approximate surface area is 103 Å². The second-order valence-corrected chi connectivity index (χ2v) is 5.19. The van der Waals surface area contributed by atoms with Crippen molar-refractivity contribution in [1.82, 2.24) is 10.2 Å². The molecule has 1 aromatic rings. The number of phenolic OH excluding ortho intramolecular Hbond substituents is 1. The zero-order chi connectivity index (χ0) is 12.4. The van der Waals surface area contributed by atoms with Crippen LogP contribution >= 0.6 is 0 Å². The second kappa shape index (κ2) is 5.07. The van der Waals surface area contributed by atoms with Gasteiger partial charge >= 0.3 is 0 Å². The quantitative estimate of drug-likeness (QED) is 0.823. The summed E-state index contributed by atoms with van der Waals surface area (Å²) in [6.07, 6.45) is 0. The number of nitrogens with one attached hydrogen (secondary N) is 1. The smallest absolute Gasteiger partial charge is 0.115 e. The maximum atomic E-state index is 9.53. The highest BCUT2D eigenvalue weighted by molar-refractivity contribution is 5.29. The highest BCUT2D eigenvalue weighted by Crippen LogP contribution is 2.24. The van der Waals surface area contributed by atoms with Crippen LogP contribution in [0.1, 0.15) is 32.4 Å². The van der Waals surface area contributed by atoms with Crippen molar-refractivity contribution in [3.8, 4) is 5.75 Å². The molecule has 0 aliphatic carbocycles. The predicted molar refractivity (Wildman–Crippen MR) is 70.2 cm³/mol. The zero-order valence-electron chi connectivity index (χ0n) is 10.9. The van der Waals surface area contributed by atoms with E-state index in [2.05, 4.69) is 37.1 Å². The largest absolute Gasteiger partial charge is 0.508 e. The third-order valence-electron chi connectivity index (χ3n) is 3.49. The minimum Gasteiger partial charge on any atom is -0.508 e. The van der Waals surface area contributed by atoms with Gasteiger partial charge in [0.05, 0.1) is 0 Å². The molecule has 0 aromatic heterocycles. The number of piperazine rings is 1. The molecule has 94 valence electrons. The first kappa shape index (κ1) is 12.4. The number of phenols is 1. The third-order valence-corrected chi connectivity index (χ3v) is 3.49. The van der Waals surface area contributed by atoms with Crippen LogP contribution in [-0.4, -0.2) is 35.2 Å². The molecule has 2 N–H and O–H groups in total. The van der Waals surface area contributed by atoms with Gasteiger partial charge in [0.2, 0.25) is 0 Å². The van der Waals surface area contributed by atoms with E-state index < -0.39 is 0 Å². The van der Waals surface area contributed by atoms with E-state index in [0.717, 1.165) is 13.1 Å².